The van der Waals surface area contributed by atoms with E-state index in [0.29, 0.717) is 14.9 Å². The average Bonchev–Trinajstić information content (AvgIpc) is 2.76. The fraction of sp³-hybridized carbons (Fsp3) is 0.333. The first-order valence-electron chi connectivity index (χ1n) is 9.69. The van der Waals surface area contributed by atoms with Crippen molar-refractivity contribution in [3.63, 3.8) is 0 Å². The summed E-state index contributed by atoms with van der Waals surface area (Å²) in [5.41, 5.74) is 0.297. The van der Waals surface area contributed by atoms with Gasteiger partial charge in [0.15, 0.2) is 0 Å². The first kappa shape index (κ1) is 25.6. The first-order chi connectivity index (χ1) is 15.0. The summed E-state index contributed by atoms with van der Waals surface area (Å²) in [5.74, 6) is -1.95. The number of nitrogens with one attached hydrogen (secondary N) is 1. The van der Waals surface area contributed by atoms with Gasteiger partial charge in [-0.05, 0) is 30.7 Å². The summed E-state index contributed by atoms with van der Waals surface area (Å²) >= 11 is 6.23. The van der Waals surface area contributed by atoms with Gasteiger partial charge in [-0.2, -0.15) is 12.7 Å². The van der Waals surface area contributed by atoms with Gasteiger partial charge in [0, 0.05) is 32.7 Å². The maximum absolute atomic E-state index is 14.5. The fourth-order valence-corrected chi connectivity index (χ4v) is 4.22. The van der Waals surface area contributed by atoms with Crippen molar-refractivity contribution in [3.05, 3.63) is 64.9 Å². The summed E-state index contributed by atoms with van der Waals surface area (Å²) < 4.78 is 41.9. The molecule has 0 heterocycles. The Morgan fingerprint density at radius 2 is 1.69 bits per heavy atom. The Kier molecular flexibility index (Phi) is 8.59. The molecule has 0 bridgehead atoms. The van der Waals surface area contributed by atoms with Crippen molar-refractivity contribution >= 4 is 39.3 Å². The molecule has 174 valence electrons. The maximum Gasteiger partial charge on any atom is 0.304 e. The molecule has 2 aromatic rings. The van der Waals surface area contributed by atoms with Crippen LogP contribution in [0.15, 0.2) is 48.5 Å². The topological polar surface area (TPSA) is 90.0 Å². The zero-order valence-electron chi connectivity index (χ0n) is 18.2. The summed E-state index contributed by atoms with van der Waals surface area (Å²) in [6.07, 6.45) is 0. The standard InChI is InChI=1S/C21H26ClFN4O4S/c1-15(21(29)24-2)26(13-16-9-5-6-10-17(16)22)20(28)14-27(32(30,31)25(3)4)19-12-8-7-11-18(19)23/h5-12,15H,13-14H2,1-4H3,(H,24,29)/t15-/m1/s1. The lowest BCUT2D eigenvalue weighted by molar-refractivity contribution is -0.139. The minimum Gasteiger partial charge on any atom is -0.357 e. The predicted molar refractivity (Wildman–Crippen MR) is 122 cm³/mol. The van der Waals surface area contributed by atoms with Crippen LogP contribution in [0.2, 0.25) is 5.02 Å². The van der Waals surface area contributed by atoms with E-state index < -0.39 is 40.4 Å². The van der Waals surface area contributed by atoms with Crippen LogP contribution < -0.4 is 9.62 Å². The van der Waals surface area contributed by atoms with Gasteiger partial charge < -0.3 is 10.2 Å². The number of hydrogen-bond donors (Lipinski definition) is 1. The molecule has 0 radical (unpaired) electrons. The lowest BCUT2D eigenvalue weighted by Crippen LogP contribution is -2.52. The van der Waals surface area contributed by atoms with Crippen LogP contribution in [0.3, 0.4) is 0 Å². The largest absolute Gasteiger partial charge is 0.357 e. The highest BCUT2D eigenvalue weighted by molar-refractivity contribution is 7.90. The van der Waals surface area contributed by atoms with Crippen LogP contribution in [0.1, 0.15) is 12.5 Å². The number of benzene rings is 2. The number of anilines is 1. The van der Waals surface area contributed by atoms with Crippen molar-refractivity contribution in [1.82, 2.24) is 14.5 Å². The maximum atomic E-state index is 14.5. The average molecular weight is 485 g/mol. The molecule has 0 aliphatic rings. The molecule has 0 aromatic heterocycles. The Morgan fingerprint density at radius 1 is 1.09 bits per heavy atom. The quantitative estimate of drug-likeness (QED) is 0.591. The number of rotatable bonds is 9. The summed E-state index contributed by atoms with van der Waals surface area (Å²) in [7, 11) is -0.233. The van der Waals surface area contributed by atoms with Gasteiger partial charge >= 0.3 is 10.2 Å². The van der Waals surface area contributed by atoms with Crippen molar-refractivity contribution in [3.8, 4) is 0 Å². The molecule has 0 saturated heterocycles. The molecule has 11 heteroatoms. The molecular weight excluding hydrogens is 459 g/mol. The van der Waals surface area contributed by atoms with Gasteiger partial charge in [-0.25, -0.2) is 8.70 Å². The molecule has 32 heavy (non-hydrogen) atoms. The molecule has 1 atom stereocenters. The number of para-hydroxylation sites is 1. The number of hydrogen-bond acceptors (Lipinski definition) is 4. The third kappa shape index (κ3) is 5.76. The minimum absolute atomic E-state index is 0.0415. The van der Waals surface area contributed by atoms with E-state index in [1.165, 1.54) is 51.2 Å². The lowest BCUT2D eigenvalue weighted by atomic mass is 10.1. The van der Waals surface area contributed by atoms with Crippen LogP contribution in [0, 0.1) is 5.82 Å². The molecule has 8 nitrogen and oxygen atoms in total. The molecule has 0 aliphatic carbocycles. The molecule has 0 spiro atoms. The monoisotopic (exact) mass is 484 g/mol. The highest BCUT2D eigenvalue weighted by Crippen LogP contribution is 2.24. The molecule has 2 rings (SSSR count). The zero-order chi connectivity index (χ0) is 24.1. The van der Waals surface area contributed by atoms with Crippen molar-refractivity contribution in [2.45, 2.75) is 19.5 Å². The first-order valence-corrected chi connectivity index (χ1v) is 11.5. The Balaban J connectivity index is 2.48. The van der Waals surface area contributed by atoms with Gasteiger partial charge in [0.05, 0.1) is 5.69 Å². The van der Waals surface area contributed by atoms with Crippen LogP contribution in [0.4, 0.5) is 10.1 Å². The highest BCUT2D eigenvalue weighted by Gasteiger charge is 2.33. The van der Waals surface area contributed by atoms with Crippen molar-refractivity contribution < 1.29 is 22.4 Å². The molecule has 0 fully saturated rings. The second kappa shape index (κ2) is 10.8. The molecule has 0 aliphatic heterocycles. The molecule has 2 amide bonds. The molecule has 0 unspecified atom stereocenters. The third-order valence-corrected chi connectivity index (χ3v) is 7.03. The number of halogens is 2. The van der Waals surface area contributed by atoms with Crippen molar-refractivity contribution in [2.75, 3.05) is 32.0 Å². The SMILES string of the molecule is CNC(=O)[C@@H](C)N(Cc1ccccc1Cl)C(=O)CN(c1ccccc1F)S(=O)(=O)N(C)C. The van der Waals surface area contributed by atoms with E-state index in [2.05, 4.69) is 5.32 Å². The van der Waals surface area contributed by atoms with Crippen LogP contribution >= 0.6 is 11.6 Å². The number of amides is 2. The Bertz CT molecular complexity index is 1080. The van der Waals surface area contributed by atoms with Gasteiger partial charge in [0.2, 0.25) is 11.8 Å². The van der Waals surface area contributed by atoms with Crippen LogP contribution in [0.25, 0.3) is 0 Å². The highest BCUT2D eigenvalue weighted by atomic mass is 35.5. The van der Waals surface area contributed by atoms with Crippen LogP contribution in [-0.4, -0.2) is 63.2 Å². The molecule has 1 N–H and O–H groups in total. The summed E-state index contributed by atoms with van der Waals surface area (Å²) in [5, 5.41) is 2.87. The van der Waals surface area contributed by atoms with Crippen LogP contribution in [0.5, 0.6) is 0 Å². The van der Waals surface area contributed by atoms with E-state index in [1.807, 2.05) is 0 Å². The van der Waals surface area contributed by atoms with Gasteiger partial charge in [-0.1, -0.05) is 41.9 Å². The Labute approximate surface area is 192 Å². The van der Waals surface area contributed by atoms with Gasteiger partial charge in [0.1, 0.15) is 18.4 Å². The lowest BCUT2D eigenvalue weighted by Gasteiger charge is -2.32. The Hall–Kier alpha value is -2.69. The minimum atomic E-state index is -4.22. The summed E-state index contributed by atoms with van der Waals surface area (Å²) in [6, 6.07) is 11.1. The fourth-order valence-electron chi connectivity index (χ4n) is 2.96. The third-order valence-electron chi connectivity index (χ3n) is 4.85. The normalized spacial score (nSPS) is 12.3. The summed E-state index contributed by atoms with van der Waals surface area (Å²) in [6.45, 7) is 0.759. The van der Waals surface area contributed by atoms with Gasteiger partial charge in [-0.15, -0.1) is 0 Å². The number of carbonyl (C=O) groups excluding carboxylic acids is 2. The van der Waals surface area contributed by atoms with E-state index >= 15 is 0 Å². The predicted octanol–water partition coefficient (Wildman–Crippen LogP) is 2.26. The Morgan fingerprint density at radius 3 is 2.25 bits per heavy atom. The van der Waals surface area contributed by atoms with Crippen LogP contribution in [-0.2, 0) is 26.3 Å². The molecular formula is C21H26ClFN4O4S. The number of nitrogens with zero attached hydrogens (tertiary/aromatic N) is 3. The van der Waals surface area contributed by atoms with Crippen molar-refractivity contribution in [1.29, 1.82) is 0 Å². The van der Waals surface area contributed by atoms with E-state index in [9.17, 15) is 22.4 Å². The molecule has 0 saturated carbocycles. The van der Waals surface area contributed by atoms with Crippen molar-refractivity contribution in [2.24, 2.45) is 0 Å². The van der Waals surface area contributed by atoms with E-state index in [4.69, 9.17) is 11.6 Å². The molecule has 2 aromatic carbocycles. The second-order valence-electron chi connectivity index (χ2n) is 7.15. The van der Waals surface area contributed by atoms with Gasteiger partial charge in [0.25, 0.3) is 0 Å². The smallest absolute Gasteiger partial charge is 0.304 e. The van der Waals surface area contributed by atoms with E-state index in [0.717, 1.165) is 10.4 Å². The van der Waals surface area contributed by atoms with Gasteiger partial charge in [-0.3, -0.25) is 9.59 Å². The summed E-state index contributed by atoms with van der Waals surface area (Å²) in [4.78, 5) is 26.9. The van der Waals surface area contributed by atoms with E-state index in [1.54, 1.807) is 24.3 Å². The zero-order valence-corrected chi connectivity index (χ0v) is 19.8. The second-order valence-corrected chi connectivity index (χ2v) is 9.63. The van der Waals surface area contributed by atoms with E-state index in [-0.39, 0.29) is 12.2 Å². The number of carbonyl (C=O) groups is 2. The number of likely N-dealkylation sites (N-methyl/N-ethyl adjacent to an activating group) is 1.